The molecule has 208 valence electrons. The van der Waals surface area contributed by atoms with Crippen LogP contribution in [0.15, 0.2) is 34.7 Å². The van der Waals surface area contributed by atoms with Crippen molar-refractivity contribution in [3.63, 3.8) is 0 Å². The first-order chi connectivity index (χ1) is 19.6. The summed E-state index contributed by atoms with van der Waals surface area (Å²) in [5.41, 5.74) is 3.98. The molecule has 7 nitrogen and oxygen atoms in total. The molecule has 1 N–H and O–H groups in total. The van der Waals surface area contributed by atoms with Gasteiger partial charge in [0.25, 0.3) is 0 Å². The van der Waals surface area contributed by atoms with Gasteiger partial charge in [-0.2, -0.15) is 10.5 Å². The molecule has 1 aromatic carbocycles. The van der Waals surface area contributed by atoms with Crippen LogP contribution >= 0.6 is 34.7 Å². The van der Waals surface area contributed by atoms with Gasteiger partial charge in [-0.05, 0) is 43.5 Å². The summed E-state index contributed by atoms with van der Waals surface area (Å²) in [4.78, 5) is 14.5. The van der Waals surface area contributed by atoms with Crippen molar-refractivity contribution in [2.24, 2.45) is 0 Å². The molecule has 3 aromatic rings. The van der Waals surface area contributed by atoms with Crippen LogP contribution in [0.25, 0.3) is 10.6 Å². The van der Waals surface area contributed by atoms with E-state index in [2.05, 4.69) is 39.7 Å². The number of nitrogens with one attached hydrogen (secondary N) is 1. The number of nitriles is 2. The second-order valence-electron chi connectivity index (χ2n) is 10.5. The smallest absolute Gasteiger partial charge is 0.145 e. The van der Waals surface area contributed by atoms with Crippen LogP contribution in [0.4, 0.5) is 5.82 Å². The predicted molar refractivity (Wildman–Crippen MR) is 164 cm³/mol. The molecular formula is C30H34ClN7S2. The Morgan fingerprint density at radius 2 is 1.75 bits per heavy atom. The summed E-state index contributed by atoms with van der Waals surface area (Å²) in [7, 11) is 2.16. The van der Waals surface area contributed by atoms with Crippen molar-refractivity contribution in [3.05, 3.63) is 57.1 Å². The third-order valence-corrected chi connectivity index (χ3v) is 9.96. The molecule has 0 bridgehead atoms. The van der Waals surface area contributed by atoms with Crippen LogP contribution in [0, 0.1) is 22.7 Å². The first kappa shape index (κ1) is 28.9. The predicted octanol–water partition coefficient (Wildman–Crippen LogP) is 6.60. The largest absolute Gasteiger partial charge is 0.368 e. The van der Waals surface area contributed by atoms with Crippen LogP contribution in [0.2, 0.25) is 5.02 Å². The summed E-state index contributed by atoms with van der Waals surface area (Å²) in [6.45, 7) is 5.84. The Balaban J connectivity index is 1.38. The lowest BCUT2D eigenvalue weighted by atomic mass is 9.80. The van der Waals surface area contributed by atoms with Crippen molar-refractivity contribution in [2.45, 2.75) is 48.8 Å². The maximum atomic E-state index is 10.3. The number of piperazine rings is 1. The fourth-order valence-corrected chi connectivity index (χ4v) is 7.42. The number of pyridine rings is 1. The fraction of sp³-hybridized carbons (Fsp3) is 0.467. The summed E-state index contributed by atoms with van der Waals surface area (Å²) in [5.74, 6) is 1.43. The number of nitrogens with zero attached hydrogens (tertiary/aromatic N) is 6. The van der Waals surface area contributed by atoms with Crippen molar-refractivity contribution in [2.75, 3.05) is 51.6 Å². The number of aromatic nitrogens is 2. The highest BCUT2D eigenvalue weighted by molar-refractivity contribution is 7.98. The van der Waals surface area contributed by atoms with Gasteiger partial charge in [-0.15, -0.1) is 11.3 Å². The highest BCUT2D eigenvalue weighted by Crippen LogP contribution is 2.41. The normalized spacial score (nSPS) is 16.9. The van der Waals surface area contributed by atoms with E-state index in [-0.39, 0.29) is 5.92 Å². The van der Waals surface area contributed by atoms with Gasteiger partial charge in [0.05, 0.1) is 16.8 Å². The zero-order valence-electron chi connectivity index (χ0n) is 22.8. The van der Waals surface area contributed by atoms with Crippen molar-refractivity contribution in [1.82, 2.24) is 19.8 Å². The third kappa shape index (κ3) is 6.97. The number of hydrogen-bond donors (Lipinski definition) is 1. The lowest BCUT2D eigenvalue weighted by Gasteiger charge is -2.32. The molecule has 2 aliphatic rings. The molecule has 1 aliphatic heterocycles. The summed E-state index contributed by atoms with van der Waals surface area (Å²) in [6, 6.07) is 12.6. The number of anilines is 1. The second kappa shape index (κ2) is 13.8. The van der Waals surface area contributed by atoms with Gasteiger partial charge in [0.2, 0.25) is 0 Å². The van der Waals surface area contributed by atoms with Crippen molar-refractivity contribution >= 4 is 40.5 Å². The molecule has 0 spiro atoms. The van der Waals surface area contributed by atoms with Crippen molar-refractivity contribution in [3.8, 4) is 22.7 Å². The number of thiazole rings is 1. The zero-order valence-corrected chi connectivity index (χ0v) is 25.2. The fourth-order valence-electron chi connectivity index (χ4n) is 5.48. The van der Waals surface area contributed by atoms with Crippen LogP contribution in [0.1, 0.15) is 60.4 Å². The van der Waals surface area contributed by atoms with E-state index in [9.17, 15) is 10.5 Å². The monoisotopic (exact) mass is 591 g/mol. The third-order valence-electron chi connectivity index (χ3n) is 7.76. The van der Waals surface area contributed by atoms with E-state index in [1.54, 1.807) is 11.3 Å². The zero-order chi connectivity index (χ0) is 27.9. The number of likely N-dealkylation sites (N-methyl/N-ethyl adjacent to an activating group) is 1. The van der Waals surface area contributed by atoms with Gasteiger partial charge in [0.15, 0.2) is 0 Å². The molecule has 3 heterocycles. The molecule has 1 aliphatic carbocycles. The number of hydrogen-bond acceptors (Lipinski definition) is 9. The Bertz CT molecular complexity index is 1380. The van der Waals surface area contributed by atoms with Crippen LogP contribution in [-0.4, -0.2) is 66.1 Å². The Labute approximate surface area is 250 Å². The molecule has 0 unspecified atom stereocenters. The van der Waals surface area contributed by atoms with Crippen LogP contribution in [-0.2, 0) is 5.75 Å². The molecule has 0 radical (unpaired) electrons. The van der Waals surface area contributed by atoms with Crippen LogP contribution < -0.4 is 5.32 Å². The van der Waals surface area contributed by atoms with Crippen molar-refractivity contribution < 1.29 is 0 Å². The topological polar surface area (TPSA) is 91.9 Å². The molecule has 40 heavy (non-hydrogen) atoms. The Morgan fingerprint density at radius 3 is 2.45 bits per heavy atom. The minimum Gasteiger partial charge on any atom is -0.368 e. The van der Waals surface area contributed by atoms with Gasteiger partial charge >= 0.3 is 0 Å². The molecule has 0 atom stereocenters. The molecule has 0 amide bonds. The molecule has 2 fully saturated rings. The maximum Gasteiger partial charge on any atom is 0.145 e. The first-order valence-electron chi connectivity index (χ1n) is 13.9. The molecule has 5 rings (SSSR count). The molecule has 1 saturated heterocycles. The van der Waals surface area contributed by atoms with Crippen molar-refractivity contribution in [1.29, 1.82) is 10.5 Å². The molecule has 2 aromatic heterocycles. The lowest BCUT2D eigenvalue weighted by molar-refractivity contribution is 0.158. The van der Waals surface area contributed by atoms with Gasteiger partial charge in [-0.1, -0.05) is 54.8 Å². The number of thioether (sulfide) groups is 1. The minimum atomic E-state index is 0.217. The summed E-state index contributed by atoms with van der Waals surface area (Å²) < 4.78 is 0. The Hall–Kier alpha value is -2.66. The van der Waals surface area contributed by atoms with E-state index in [1.807, 2.05) is 24.3 Å². The van der Waals surface area contributed by atoms with Gasteiger partial charge in [0, 0.05) is 61.0 Å². The first-order valence-corrected chi connectivity index (χ1v) is 16.2. The van der Waals surface area contributed by atoms with E-state index in [0.29, 0.717) is 39.3 Å². The average Bonchev–Trinajstić information content (AvgIpc) is 3.46. The molecule has 10 heteroatoms. The second-order valence-corrected chi connectivity index (χ2v) is 12.8. The summed E-state index contributed by atoms with van der Waals surface area (Å²) in [6.07, 6.45) is 5.49. The van der Waals surface area contributed by atoms with Crippen LogP contribution in [0.3, 0.4) is 0 Å². The van der Waals surface area contributed by atoms with Gasteiger partial charge in [0.1, 0.15) is 28.0 Å². The number of halogens is 1. The Morgan fingerprint density at radius 1 is 1.02 bits per heavy atom. The number of benzene rings is 1. The molecule has 1 saturated carbocycles. The van der Waals surface area contributed by atoms with Crippen LogP contribution in [0.5, 0.6) is 0 Å². The standard InChI is InChI=1S/C30H34ClN7S2/c1-37-13-15-38(16-14-37)12-11-34-28-25(17-32)27(21-5-3-2-4-6-21)26(18-33)30(36-28)40-20-24-19-39-29(35-24)22-7-9-23(31)10-8-22/h7-10,19,21H,2-6,11-16,20H2,1H3,(H,34,36). The summed E-state index contributed by atoms with van der Waals surface area (Å²) in [5, 5.41) is 28.5. The Kier molecular flexibility index (Phi) is 9.96. The lowest BCUT2D eigenvalue weighted by Crippen LogP contribution is -2.45. The highest BCUT2D eigenvalue weighted by Gasteiger charge is 2.28. The average molecular weight is 592 g/mol. The van der Waals surface area contributed by atoms with E-state index in [1.165, 1.54) is 18.2 Å². The van der Waals surface area contributed by atoms with Gasteiger partial charge in [-0.3, -0.25) is 4.90 Å². The van der Waals surface area contributed by atoms with Gasteiger partial charge in [-0.25, -0.2) is 9.97 Å². The minimum absolute atomic E-state index is 0.217. The SMILES string of the molecule is CN1CCN(CCNc2nc(SCc3csc(-c4ccc(Cl)cc4)n3)c(C#N)c(C3CCCCC3)c2C#N)CC1. The molecular weight excluding hydrogens is 558 g/mol. The van der Waals surface area contributed by atoms with E-state index < -0.39 is 0 Å². The van der Waals surface area contributed by atoms with E-state index >= 15 is 0 Å². The summed E-state index contributed by atoms with van der Waals surface area (Å²) >= 11 is 9.18. The van der Waals surface area contributed by atoms with E-state index in [0.717, 1.165) is 80.2 Å². The number of rotatable bonds is 9. The maximum absolute atomic E-state index is 10.3. The quantitative estimate of drug-likeness (QED) is 0.278. The van der Waals surface area contributed by atoms with E-state index in [4.69, 9.17) is 21.6 Å². The highest BCUT2D eigenvalue weighted by atomic mass is 35.5. The van der Waals surface area contributed by atoms with Gasteiger partial charge < -0.3 is 10.2 Å².